The van der Waals surface area contributed by atoms with Crippen LogP contribution < -0.4 is 10.6 Å². The molecular weight excluding hydrogens is 282 g/mol. The molecule has 2 fully saturated rings. The van der Waals surface area contributed by atoms with E-state index < -0.39 is 0 Å². The molecule has 2 heterocycles. The quantitative estimate of drug-likeness (QED) is 0.706. The van der Waals surface area contributed by atoms with Crippen molar-refractivity contribution in [3.05, 3.63) is 18.5 Å². The molecule has 2 N–H and O–H groups in total. The normalized spacial score (nSPS) is 21.0. The van der Waals surface area contributed by atoms with Crippen molar-refractivity contribution in [3.8, 4) is 0 Å². The van der Waals surface area contributed by atoms with Crippen LogP contribution in [0.4, 0.5) is 5.95 Å². The Morgan fingerprint density at radius 1 is 1.27 bits per heavy atom. The van der Waals surface area contributed by atoms with Crippen LogP contribution in [0, 0.1) is 11.8 Å². The molecule has 1 aliphatic heterocycles. The summed E-state index contributed by atoms with van der Waals surface area (Å²) in [5.74, 6) is 1.08. The third-order valence-electron chi connectivity index (χ3n) is 4.03. The van der Waals surface area contributed by atoms with Gasteiger partial charge in [-0.3, -0.25) is 9.59 Å². The zero-order valence-electron chi connectivity index (χ0n) is 12.5. The molecule has 2 aliphatic rings. The molecular formula is C15H21N5O2. The molecule has 22 heavy (non-hydrogen) atoms. The van der Waals surface area contributed by atoms with E-state index in [1.54, 1.807) is 18.5 Å². The van der Waals surface area contributed by atoms with Gasteiger partial charge in [0.1, 0.15) is 0 Å². The minimum Gasteiger partial charge on any atom is -0.354 e. The largest absolute Gasteiger partial charge is 0.354 e. The maximum absolute atomic E-state index is 12.1. The van der Waals surface area contributed by atoms with Crippen LogP contribution in [0.3, 0.4) is 0 Å². The van der Waals surface area contributed by atoms with Gasteiger partial charge in [0.25, 0.3) is 0 Å². The highest BCUT2D eigenvalue weighted by Crippen LogP contribution is 2.31. The number of nitrogens with zero attached hydrogens (tertiary/aromatic N) is 3. The number of carbonyl (C=O) groups excluding carboxylic acids is 2. The second kappa shape index (κ2) is 6.72. The van der Waals surface area contributed by atoms with Gasteiger partial charge in [0.05, 0.1) is 5.92 Å². The van der Waals surface area contributed by atoms with E-state index in [0.717, 1.165) is 6.54 Å². The van der Waals surface area contributed by atoms with Crippen molar-refractivity contribution in [2.75, 3.05) is 31.5 Å². The van der Waals surface area contributed by atoms with E-state index in [2.05, 4.69) is 20.6 Å². The van der Waals surface area contributed by atoms with Crippen LogP contribution in [0.2, 0.25) is 0 Å². The maximum Gasteiger partial charge on any atom is 0.225 e. The van der Waals surface area contributed by atoms with Gasteiger partial charge in [-0.1, -0.05) is 0 Å². The van der Waals surface area contributed by atoms with Crippen molar-refractivity contribution >= 4 is 17.8 Å². The van der Waals surface area contributed by atoms with Crippen LogP contribution in [0.25, 0.3) is 0 Å². The molecule has 1 saturated heterocycles. The molecule has 0 spiro atoms. The summed E-state index contributed by atoms with van der Waals surface area (Å²) in [7, 11) is 0. The molecule has 3 rings (SSSR count). The predicted octanol–water partition coefficient (Wildman–Crippen LogP) is 0.263. The lowest BCUT2D eigenvalue weighted by molar-refractivity contribution is -0.129. The summed E-state index contributed by atoms with van der Waals surface area (Å²) in [4.78, 5) is 33.9. The number of rotatable bonds is 7. The lowest BCUT2D eigenvalue weighted by Crippen LogP contribution is -2.36. The number of hydrogen-bond donors (Lipinski definition) is 2. The number of amides is 2. The van der Waals surface area contributed by atoms with E-state index in [-0.39, 0.29) is 17.7 Å². The fourth-order valence-electron chi connectivity index (χ4n) is 2.63. The molecule has 0 aromatic carbocycles. The van der Waals surface area contributed by atoms with E-state index in [0.29, 0.717) is 37.9 Å². The Labute approximate surface area is 129 Å². The van der Waals surface area contributed by atoms with Crippen LogP contribution in [0.15, 0.2) is 18.5 Å². The Hall–Kier alpha value is -2.18. The summed E-state index contributed by atoms with van der Waals surface area (Å²) >= 11 is 0. The molecule has 1 saturated carbocycles. The summed E-state index contributed by atoms with van der Waals surface area (Å²) in [6, 6.07) is 1.75. The van der Waals surface area contributed by atoms with Gasteiger partial charge in [-0.2, -0.15) is 0 Å². The zero-order chi connectivity index (χ0) is 15.4. The van der Waals surface area contributed by atoms with Crippen LogP contribution in [0.5, 0.6) is 0 Å². The summed E-state index contributed by atoms with van der Waals surface area (Å²) in [6.45, 7) is 2.44. The first kappa shape index (κ1) is 14.7. The summed E-state index contributed by atoms with van der Waals surface area (Å²) in [5.41, 5.74) is 0. The molecule has 2 amide bonds. The zero-order valence-corrected chi connectivity index (χ0v) is 12.5. The average molecular weight is 303 g/mol. The molecule has 7 heteroatoms. The second-order valence-electron chi connectivity index (χ2n) is 5.93. The molecule has 118 valence electrons. The van der Waals surface area contributed by atoms with E-state index in [1.165, 1.54) is 12.8 Å². The van der Waals surface area contributed by atoms with Gasteiger partial charge in [-0.15, -0.1) is 0 Å². The van der Waals surface area contributed by atoms with Crippen molar-refractivity contribution in [2.45, 2.75) is 19.3 Å². The lowest BCUT2D eigenvalue weighted by atomic mass is 10.1. The minimum absolute atomic E-state index is 0.0394. The Bertz CT molecular complexity index is 532. The van der Waals surface area contributed by atoms with Gasteiger partial charge < -0.3 is 15.5 Å². The highest BCUT2D eigenvalue weighted by atomic mass is 16.2. The average Bonchev–Trinajstić information content (AvgIpc) is 3.27. The van der Waals surface area contributed by atoms with E-state index >= 15 is 0 Å². The van der Waals surface area contributed by atoms with Crippen molar-refractivity contribution in [2.24, 2.45) is 11.8 Å². The number of nitrogens with one attached hydrogen (secondary N) is 2. The van der Waals surface area contributed by atoms with Crippen LogP contribution >= 0.6 is 0 Å². The molecule has 1 atom stereocenters. The van der Waals surface area contributed by atoms with Crippen LogP contribution in [-0.2, 0) is 9.59 Å². The Balaban J connectivity index is 1.36. The highest BCUT2D eigenvalue weighted by Gasteiger charge is 2.36. The number of hydrogen-bond acceptors (Lipinski definition) is 5. The monoisotopic (exact) mass is 303 g/mol. The number of likely N-dealkylation sites (tertiary alicyclic amines) is 1. The molecule has 0 unspecified atom stereocenters. The molecule has 1 aromatic rings. The first-order valence-electron chi connectivity index (χ1n) is 7.79. The Morgan fingerprint density at radius 2 is 2.05 bits per heavy atom. The van der Waals surface area contributed by atoms with E-state index in [1.807, 2.05) is 4.90 Å². The number of anilines is 1. The van der Waals surface area contributed by atoms with Gasteiger partial charge >= 0.3 is 0 Å². The number of carbonyl (C=O) groups is 2. The Kier molecular flexibility index (Phi) is 4.50. The first-order valence-corrected chi connectivity index (χ1v) is 7.79. The second-order valence-corrected chi connectivity index (χ2v) is 5.93. The van der Waals surface area contributed by atoms with Crippen LogP contribution in [-0.4, -0.2) is 52.9 Å². The first-order chi connectivity index (χ1) is 10.7. The third kappa shape index (κ3) is 3.93. The maximum atomic E-state index is 12.1. The van der Waals surface area contributed by atoms with Gasteiger partial charge in [0.2, 0.25) is 17.8 Å². The standard InChI is InChI=1S/C15H21N5O2/c21-13-8-12(10-20(13)9-11-2-3-11)14(22)16-6-7-19-15-17-4-1-5-18-15/h1,4-5,11-12H,2-3,6-10H2,(H,16,22)(H,17,18,19)/t12-/m0/s1. The Morgan fingerprint density at radius 3 is 2.77 bits per heavy atom. The summed E-state index contributed by atoms with van der Waals surface area (Å²) in [6.07, 6.45) is 6.09. The van der Waals surface area contributed by atoms with E-state index in [9.17, 15) is 9.59 Å². The third-order valence-corrected chi connectivity index (χ3v) is 4.03. The lowest BCUT2D eigenvalue weighted by Gasteiger charge is -2.16. The summed E-state index contributed by atoms with van der Waals surface area (Å²) < 4.78 is 0. The minimum atomic E-state index is -0.209. The fourth-order valence-corrected chi connectivity index (χ4v) is 2.63. The van der Waals surface area contributed by atoms with Crippen molar-refractivity contribution in [1.29, 1.82) is 0 Å². The molecule has 1 aliphatic carbocycles. The van der Waals surface area contributed by atoms with Crippen molar-refractivity contribution in [1.82, 2.24) is 20.2 Å². The van der Waals surface area contributed by atoms with Gasteiger partial charge in [0.15, 0.2) is 0 Å². The number of aromatic nitrogens is 2. The topological polar surface area (TPSA) is 87.2 Å². The van der Waals surface area contributed by atoms with Crippen molar-refractivity contribution in [3.63, 3.8) is 0 Å². The fraction of sp³-hybridized carbons (Fsp3) is 0.600. The molecule has 7 nitrogen and oxygen atoms in total. The SMILES string of the molecule is O=C(NCCNc1ncccn1)[C@H]1CC(=O)N(CC2CC2)C1. The van der Waals surface area contributed by atoms with E-state index in [4.69, 9.17) is 0 Å². The molecule has 1 aromatic heterocycles. The highest BCUT2D eigenvalue weighted by molar-refractivity contribution is 5.89. The van der Waals surface area contributed by atoms with Crippen LogP contribution in [0.1, 0.15) is 19.3 Å². The van der Waals surface area contributed by atoms with Gasteiger partial charge in [-0.25, -0.2) is 9.97 Å². The molecule has 0 radical (unpaired) electrons. The smallest absolute Gasteiger partial charge is 0.225 e. The molecule has 0 bridgehead atoms. The van der Waals surface area contributed by atoms with Gasteiger partial charge in [0, 0.05) is 45.0 Å². The predicted molar refractivity (Wildman–Crippen MR) is 80.9 cm³/mol. The summed E-state index contributed by atoms with van der Waals surface area (Å²) in [5, 5.41) is 5.90. The van der Waals surface area contributed by atoms with Crippen molar-refractivity contribution < 1.29 is 9.59 Å². The van der Waals surface area contributed by atoms with Gasteiger partial charge in [-0.05, 0) is 24.8 Å².